The first-order valence-electron chi connectivity index (χ1n) is 12.3. The highest BCUT2D eigenvalue weighted by molar-refractivity contribution is 7.86. The lowest BCUT2D eigenvalue weighted by Gasteiger charge is -2.36. The number of nitrogens with zero attached hydrogens (tertiary/aromatic N) is 4. The van der Waals surface area contributed by atoms with E-state index < -0.39 is 10.2 Å². The molecule has 35 heavy (non-hydrogen) atoms. The molecular weight excluding hydrogens is 467 g/mol. The highest BCUT2D eigenvalue weighted by Gasteiger charge is 2.34. The van der Waals surface area contributed by atoms with Crippen molar-refractivity contribution in [2.75, 3.05) is 39.3 Å². The van der Waals surface area contributed by atoms with E-state index in [9.17, 15) is 17.6 Å². The van der Waals surface area contributed by atoms with Gasteiger partial charge in [0.1, 0.15) is 11.5 Å². The molecule has 5 rings (SSSR count). The Labute approximate surface area is 205 Å². The van der Waals surface area contributed by atoms with Crippen molar-refractivity contribution in [3.05, 3.63) is 71.7 Å². The number of piperazine rings is 1. The van der Waals surface area contributed by atoms with Crippen LogP contribution in [0.5, 0.6) is 0 Å². The van der Waals surface area contributed by atoms with Crippen molar-refractivity contribution in [1.29, 1.82) is 0 Å². The van der Waals surface area contributed by atoms with E-state index in [1.807, 2.05) is 34.9 Å². The summed E-state index contributed by atoms with van der Waals surface area (Å²) in [6.07, 6.45) is 3.92. The van der Waals surface area contributed by atoms with E-state index in [0.29, 0.717) is 37.4 Å². The van der Waals surface area contributed by atoms with Gasteiger partial charge in [-0.3, -0.25) is 4.79 Å². The third-order valence-electron chi connectivity index (χ3n) is 7.06. The van der Waals surface area contributed by atoms with Crippen LogP contribution in [0.4, 0.5) is 4.39 Å². The van der Waals surface area contributed by atoms with Gasteiger partial charge in [0.2, 0.25) is 0 Å². The lowest BCUT2D eigenvalue weighted by molar-refractivity contribution is 0.0684. The lowest BCUT2D eigenvalue weighted by Crippen LogP contribution is -2.54. The first kappa shape index (κ1) is 24.0. The molecule has 0 radical (unpaired) electrons. The molecule has 2 fully saturated rings. The second-order valence-corrected chi connectivity index (χ2v) is 11.2. The minimum Gasteiger partial charge on any atom is -0.335 e. The van der Waals surface area contributed by atoms with E-state index in [1.165, 1.54) is 10.4 Å². The number of aromatic nitrogens is 1. The second-order valence-electron chi connectivity index (χ2n) is 9.28. The van der Waals surface area contributed by atoms with Gasteiger partial charge in [-0.1, -0.05) is 49.2 Å². The van der Waals surface area contributed by atoms with Crippen LogP contribution < -0.4 is 0 Å². The largest absolute Gasteiger partial charge is 0.335 e. The van der Waals surface area contributed by atoms with Gasteiger partial charge < -0.3 is 9.47 Å². The molecule has 9 heteroatoms. The summed E-state index contributed by atoms with van der Waals surface area (Å²) in [5.41, 5.74) is 1.86. The predicted molar refractivity (Wildman–Crippen MR) is 134 cm³/mol. The highest BCUT2D eigenvalue weighted by atomic mass is 32.2. The SMILES string of the molecule is O=C(c1cc2ccccc2n1Cc1ccccc1F)N1CCN(S(=O)(=O)N2CCCCCC2)CC1. The Bertz CT molecular complexity index is 1310. The molecule has 0 bridgehead atoms. The van der Waals surface area contributed by atoms with Crippen LogP contribution in [0, 0.1) is 5.82 Å². The smallest absolute Gasteiger partial charge is 0.282 e. The van der Waals surface area contributed by atoms with Crippen molar-refractivity contribution in [1.82, 2.24) is 18.1 Å². The van der Waals surface area contributed by atoms with E-state index in [-0.39, 0.29) is 31.4 Å². The molecule has 0 atom stereocenters. The van der Waals surface area contributed by atoms with Crippen molar-refractivity contribution >= 4 is 27.0 Å². The van der Waals surface area contributed by atoms with Crippen molar-refractivity contribution in [2.45, 2.75) is 32.2 Å². The Morgan fingerprint density at radius 1 is 0.800 bits per heavy atom. The topological polar surface area (TPSA) is 65.9 Å². The van der Waals surface area contributed by atoms with Crippen molar-refractivity contribution in [3.63, 3.8) is 0 Å². The van der Waals surface area contributed by atoms with Crippen LogP contribution in [0.3, 0.4) is 0 Å². The molecular formula is C26H31FN4O3S. The Morgan fingerprint density at radius 3 is 2.14 bits per heavy atom. The molecule has 0 unspecified atom stereocenters. The standard InChI is InChI=1S/C26H31FN4O3S/c27-23-11-5-3-10-22(23)20-31-24-12-6-4-9-21(24)19-25(31)26(32)28-15-17-30(18-16-28)35(33,34)29-13-7-1-2-8-14-29/h3-6,9-12,19H,1-2,7-8,13-18,20H2. The van der Waals surface area contributed by atoms with Crippen molar-refractivity contribution < 1.29 is 17.6 Å². The molecule has 7 nitrogen and oxygen atoms in total. The quantitative estimate of drug-likeness (QED) is 0.539. The summed E-state index contributed by atoms with van der Waals surface area (Å²) in [4.78, 5) is 15.3. The maximum atomic E-state index is 14.4. The number of carbonyl (C=O) groups excluding carboxylic acids is 1. The van der Waals surface area contributed by atoms with E-state index in [0.717, 1.165) is 36.6 Å². The number of hydrogen-bond donors (Lipinski definition) is 0. The number of rotatable bonds is 5. The van der Waals surface area contributed by atoms with Crippen LogP contribution in [0.15, 0.2) is 54.6 Å². The summed E-state index contributed by atoms with van der Waals surface area (Å²) >= 11 is 0. The summed E-state index contributed by atoms with van der Waals surface area (Å²) in [6, 6.07) is 16.1. The van der Waals surface area contributed by atoms with E-state index in [2.05, 4.69) is 0 Å². The molecule has 2 aliphatic rings. The summed E-state index contributed by atoms with van der Waals surface area (Å²) < 4.78 is 45.7. The summed E-state index contributed by atoms with van der Waals surface area (Å²) in [5.74, 6) is -0.472. The van der Waals surface area contributed by atoms with Crippen molar-refractivity contribution in [3.8, 4) is 0 Å². The number of carbonyl (C=O) groups is 1. The first-order valence-corrected chi connectivity index (χ1v) is 13.7. The molecule has 3 aromatic rings. The molecule has 1 aromatic heterocycles. The van der Waals surface area contributed by atoms with Crippen LogP contribution in [0.25, 0.3) is 10.9 Å². The molecule has 2 saturated heterocycles. The van der Waals surface area contributed by atoms with Gasteiger partial charge in [-0.05, 0) is 31.0 Å². The van der Waals surface area contributed by atoms with Crippen LogP contribution >= 0.6 is 0 Å². The van der Waals surface area contributed by atoms with Gasteiger partial charge in [-0.15, -0.1) is 0 Å². The molecule has 0 saturated carbocycles. The van der Waals surface area contributed by atoms with Gasteiger partial charge in [-0.25, -0.2) is 4.39 Å². The molecule has 3 heterocycles. The molecule has 0 N–H and O–H groups in total. The van der Waals surface area contributed by atoms with Gasteiger partial charge in [0.05, 0.1) is 6.54 Å². The van der Waals surface area contributed by atoms with Crippen molar-refractivity contribution in [2.24, 2.45) is 0 Å². The molecule has 2 aromatic carbocycles. The van der Waals surface area contributed by atoms with Crippen LogP contribution in [0.1, 0.15) is 41.7 Å². The number of amides is 1. The zero-order valence-electron chi connectivity index (χ0n) is 19.8. The summed E-state index contributed by atoms with van der Waals surface area (Å²) in [7, 11) is -3.51. The molecule has 0 aliphatic carbocycles. The van der Waals surface area contributed by atoms with Crippen LogP contribution in [-0.4, -0.2) is 71.7 Å². The Balaban J connectivity index is 1.35. The third kappa shape index (κ3) is 4.85. The number of halogens is 1. The average molecular weight is 499 g/mol. The highest BCUT2D eigenvalue weighted by Crippen LogP contribution is 2.25. The zero-order chi connectivity index (χ0) is 24.4. The number of benzene rings is 2. The maximum Gasteiger partial charge on any atom is 0.282 e. The Morgan fingerprint density at radius 2 is 1.43 bits per heavy atom. The van der Waals surface area contributed by atoms with Gasteiger partial charge >= 0.3 is 0 Å². The fourth-order valence-corrected chi connectivity index (χ4v) is 6.75. The number of para-hydroxylation sites is 1. The first-order chi connectivity index (χ1) is 16.9. The number of hydrogen-bond acceptors (Lipinski definition) is 3. The minimum atomic E-state index is -3.51. The lowest BCUT2D eigenvalue weighted by atomic mass is 10.2. The third-order valence-corrected chi connectivity index (χ3v) is 9.09. The summed E-state index contributed by atoms with van der Waals surface area (Å²) in [5, 5.41) is 0.912. The van der Waals surface area contributed by atoms with E-state index >= 15 is 0 Å². The molecule has 186 valence electrons. The van der Waals surface area contributed by atoms with Gasteiger partial charge in [0, 0.05) is 55.7 Å². The average Bonchev–Trinajstić information content (AvgIpc) is 3.03. The molecule has 0 spiro atoms. The van der Waals surface area contributed by atoms with E-state index in [4.69, 9.17) is 0 Å². The van der Waals surface area contributed by atoms with Gasteiger partial charge in [-0.2, -0.15) is 17.0 Å². The Hall–Kier alpha value is -2.75. The van der Waals surface area contributed by atoms with Gasteiger partial charge in [0.15, 0.2) is 0 Å². The maximum absolute atomic E-state index is 14.4. The molecule has 2 aliphatic heterocycles. The normalized spacial score (nSPS) is 18.6. The van der Waals surface area contributed by atoms with Gasteiger partial charge in [0.25, 0.3) is 16.1 Å². The fourth-order valence-electron chi connectivity index (χ4n) is 5.07. The summed E-state index contributed by atoms with van der Waals surface area (Å²) in [6.45, 7) is 2.58. The predicted octanol–water partition coefficient (Wildman–Crippen LogP) is 3.71. The number of fused-ring (bicyclic) bond motifs is 1. The monoisotopic (exact) mass is 498 g/mol. The molecule has 1 amide bonds. The second kappa shape index (κ2) is 10.1. The van der Waals surface area contributed by atoms with Crippen LogP contribution in [-0.2, 0) is 16.8 Å². The zero-order valence-corrected chi connectivity index (χ0v) is 20.6. The minimum absolute atomic E-state index is 0.163. The van der Waals surface area contributed by atoms with Crippen LogP contribution in [0.2, 0.25) is 0 Å². The van der Waals surface area contributed by atoms with E-state index in [1.54, 1.807) is 27.4 Å². The Kier molecular flexibility index (Phi) is 6.91. The fraction of sp³-hybridized carbons (Fsp3) is 0.423.